The Bertz CT molecular complexity index is 497. The number of likely N-dealkylation sites (N-methyl/N-ethyl adjacent to an activating group) is 1. The van der Waals surface area contributed by atoms with Crippen LogP contribution in [-0.2, 0) is 10.0 Å². The van der Waals surface area contributed by atoms with Gasteiger partial charge in [-0.3, -0.25) is 0 Å². The van der Waals surface area contributed by atoms with Crippen molar-refractivity contribution in [2.75, 3.05) is 13.6 Å². The number of nitrogens with two attached hydrogens (primary N) is 1. The lowest BCUT2D eigenvalue weighted by atomic mass is 10.3. The smallest absolute Gasteiger partial charge is 0.243 e. The maximum Gasteiger partial charge on any atom is 0.243 e. The topological polar surface area (TPSA) is 72.6 Å². The average Bonchev–Trinajstić information content (AvgIpc) is 2.36. The number of rotatable bonds is 6. The first-order valence-corrected chi connectivity index (χ1v) is 7.68. The lowest BCUT2D eigenvalue weighted by Gasteiger charge is -2.23. The molecule has 0 spiro atoms. The molecule has 1 aromatic carbocycles. The van der Waals surface area contributed by atoms with E-state index in [0.717, 1.165) is 0 Å². The summed E-state index contributed by atoms with van der Waals surface area (Å²) >= 11 is 0. The second-order valence-electron chi connectivity index (χ2n) is 4.74. The lowest BCUT2D eigenvalue weighted by Crippen LogP contribution is -2.39. The molecule has 0 aliphatic rings. The van der Waals surface area contributed by atoms with Gasteiger partial charge in [-0.25, -0.2) is 8.42 Å². The minimum atomic E-state index is -3.50. The summed E-state index contributed by atoms with van der Waals surface area (Å²) in [6.07, 6.45) is 0.0578. The normalized spacial score (nSPS) is 13.8. The van der Waals surface area contributed by atoms with E-state index in [1.165, 1.54) is 11.4 Å². The standard InChI is InChI=1S/C13H22N2O3S/c1-10(2)18-12-5-7-13(8-6-12)19(16,17)15(4)11(3)9-14/h5-8,10-11H,9,14H2,1-4H3. The molecule has 19 heavy (non-hydrogen) atoms. The molecule has 0 heterocycles. The van der Waals surface area contributed by atoms with E-state index in [4.69, 9.17) is 10.5 Å². The molecule has 0 aliphatic carbocycles. The second kappa shape index (κ2) is 6.36. The number of benzene rings is 1. The molecule has 1 rings (SSSR count). The van der Waals surface area contributed by atoms with Crippen molar-refractivity contribution >= 4 is 10.0 Å². The highest BCUT2D eigenvalue weighted by molar-refractivity contribution is 7.89. The van der Waals surface area contributed by atoms with Crippen molar-refractivity contribution in [3.05, 3.63) is 24.3 Å². The van der Waals surface area contributed by atoms with E-state index in [-0.39, 0.29) is 23.6 Å². The number of nitrogens with zero attached hydrogens (tertiary/aromatic N) is 1. The highest BCUT2D eigenvalue weighted by Crippen LogP contribution is 2.20. The molecular weight excluding hydrogens is 264 g/mol. The van der Waals surface area contributed by atoms with Crippen LogP contribution in [0.1, 0.15) is 20.8 Å². The van der Waals surface area contributed by atoms with Crippen LogP contribution in [0.15, 0.2) is 29.2 Å². The third-order valence-corrected chi connectivity index (χ3v) is 4.82. The summed E-state index contributed by atoms with van der Waals surface area (Å²) in [5.41, 5.74) is 5.50. The van der Waals surface area contributed by atoms with E-state index in [1.807, 2.05) is 13.8 Å². The van der Waals surface area contributed by atoms with Gasteiger partial charge in [0.15, 0.2) is 0 Å². The zero-order valence-electron chi connectivity index (χ0n) is 11.8. The molecule has 0 fully saturated rings. The molecule has 0 amide bonds. The monoisotopic (exact) mass is 286 g/mol. The first-order chi connectivity index (χ1) is 8.78. The van der Waals surface area contributed by atoms with Crippen molar-refractivity contribution in [1.29, 1.82) is 0 Å². The SMILES string of the molecule is CC(C)Oc1ccc(S(=O)(=O)N(C)C(C)CN)cc1. The van der Waals surface area contributed by atoms with E-state index in [1.54, 1.807) is 31.2 Å². The van der Waals surface area contributed by atoms with Crippen molar-refractivity contribution < 1.29 is 13.2 Å². The molecule has 108 valence electrons. The Morgan fingerprint density at radius 1 is 1.21 bits per heavy atom. The summed E-state index contributed by atoms with van der Waals surface area (Å²) in [5, 5.41) is 0. The molecule has 6 heteroatoms. The zero-order chi connectivity index (χ0) is 14.6. The number of sulfonamides is 1. The fraction of sp³-hybridized carbons (Fsp3) is 0.538. The van der Waals surface area contributed by atoms with Gasteiger partial charge in [-0.1, -0.05) is 0 Å². The van der Waals surface area contributed by atoms with Crippen molar-refractivity contribution in [3.8, 4) is 5.75 Å². The van der Waals surface area contributed by atoms with Crippen molar-refractivity contribution in [1.82, 2.24) is 4.31 Å². The summed E-state index contributed by atoms with van der Waals surface area (Å²) in [5.74, 6) is 0.656. The molecular formula is C13H22N2O3S. The molecule has 0 radical (unpaired) electrons. The van der Waals surface area contributed by atoms with Gasteiger partial charge in [0, 0.05) is 19.6 Å². The minimum absolute atomic E-state index is 0.0578. The largest absolute Gasteiger partial charge is 0.491 e. The predicted molar refractivity (Wildman–Crippen MR) is 75.7 cm³/mol. The van der Waals surface area contributed by atoms with Crippen LogP contribution in [0, 0.1) is 0 Å². The molecule has 1 unspecified atom stereocenters. The molecule has 1 aromatic rings. The molecule has 0 bridgehead atoms. The molecule has 0 aliphatic heterocycles. The lowest BCUT2D eigenvalue weighted by molar-refractivity contribution is 0.242. The van der Waals surface area contributed by atoms with Gasteiger partial charge in [-0.2, -0.15) is 4.31 Å². The summed E-state index contributed by atoms with van der Waals surface area (Å²) in [6.45, 7) is 5.89. The van der Waals surface area contributed by atoms with Gasteiger partial charge < -0.3 is 10.5 Å². The van der Waals surface area contributed by atoms with Gasteiger partial charge in [0.05, 0.1) is 11.0 Å². The second-order valence-corrected chi connectivity index (χ2v) is 6.74. The van der Waals surface area contributed by atoms with Crippen molar-refractivity contribution in [2.45, 2.75) is 37.8 Å². The Labute approximate surface area is 115 Å². The van der Waals surface area contributed by atoms with Gasteiger partial charge in [0.1, 0.15) is 5.75 Å². The number of hydrogen-bond donors (Lipinski definition) is 1. The molecule has 0 saturated heterocycles. The first kappa shape index (κ1) is 15.9. The highest BCUT2D eigenvalue weighted by Gasteiger charge is 2.24. The predicted octanol–water partition coefficient (Wildman–Crippen LogP) is 1.44. The Balaban J connectivity index is 2.97. The van der Waals surface area contributed by atoms with Crippen LogP contribution in [0.3, 0.4) is 0 Å². The molecule has 0 saturated carbocycles. The minimum Gasteiger partial charge on any atom is -0.491 e. The van der Waals surface area contributed by atoms with Gasteiger partial charge in [0.2, 0.25) is 10.0 Å². The summed E-state index contributed by atoms with van der Waals surface area (Å²) in [6, 6.07) is 6.18. The fourth-order valence-corrected chi connectivity index (χ4v) is 2.89. The van der Waals surface area contributed by atoms with Crippen LogP contribution in [-0.4, -0.2) is 38.5 Å². The fourth-order valence-electron chi connectivity index (χ4n) is 1.51. The van der Waals surface area contributed by atoms with Crippen molar-refractivity contribution in [3.63, 3.8) is 0 Å². The maximum atomic E-state index is 12.3. The number of hydrogen-bond acceptors (Lipinski definition) is 4. The Hall–Kier alpha value is -1.11. The molecule has 2 N–H and O–H groups in total. The molecule has 5 nitrogen and oxygen atoms in total. The average molecular weight is 286 g/mol. The van der Waals surface area contributed by atoms with E-state index in [0.29, 0.717) is 5.75 Å². The van der Waals surface area contributed by atoms with Crippen molar-refractivity contribution in [2.24, 2.45) is 5.73 Å². The first-order valence-electron chi connectivity index (χ1n) is 6.24. The Kier molecular flexibility index (Phi) is 5.34. The van der Waals surface area contributed by atoms with E-state index in [9.17, 15) is 8.42 Å². The number of ether oxygens (including phenoxy) is 1. The van der Waals surface area contributed by atoms with Gasteiger partial charge >= 0.3 is 0 Å². The van der Waals surface area contributed by atoms with Gasteiger partial charge in [0.25, 0.3) is 0 Å². The van der Waals surface area contributed by atoms with Gasteiger partial charge in [-0.05, 0) is 45.0 Å². The van der Waals surface area contributed by atoms with E-state index in [2.05, 4.69) is 0 Å². The molecule has 0 aromatic heterocycles. The summed E-state index contributed by atoms with van der Waals surface area (Å²) < 4.78 is 31.4. The van der Waals surface area contributed by atoms with Crippen LogP contribution >= 0.6 is 0 Å². The van der Waals surface area contributed by atoms with E-state index < -0.39 is 10.0 Å². The van der Waals surface area contributed by atoms with Crippen LogP contribution in [0.2, 0.25) is 0 Å². The van der Waals surface area contributed by atoms with Crippen LogP contribution < -0.4 is 10.5 Å². The Morgan fingerprint density at radius 3 is 2.16 bits per heavy atom. The summed E-state index contributed by atoms with van der Waals surface area (Å²) in [7, 11) is -1.96. The highest BCUT2D eigenvalue weighted by atomic mass is 32.2. The maximum absolute atomic E-state index is 12.3. The third kappa shape index (κ3) is 3.92. The van der Waals surface area contributed by atoms with Crippen LogP contribution in [0.5, 0.6) is 5.75 Å². The van der Waals surface area contributed by atoms with Crippen LogP contribution in [0.4, 0.5) is 0 Å². The van der Waals surface area contributed by atoms with Crippen LogP contribution in [0.25, 0.3) is 0 Å². The van der Waals surface area contributed by atoms with E-state index >= 15 is 0 Å². The third-order valence-electron chi connectivity index (χ3n) is 2.83. The zero-order valence-corrected chi connectivity index (χ0v) is 12.6. The van der Waals surface area contributed by atoms with Gasteiger partial charge in [-0.15, -0.1) is 0 Å². The molecule has 1 atom stereocenters. The quantitative estimate of drug-likeness (QED) is 0.859. The Morgan fingerprint density at radius 2 is 1.74 bits per heavy atom. The summed E-state index contributed by atoms with van der Waals surface area (Å²) in [4.78, 5) is 0.242.